The average Bonchev–Trinajstić information content (AvgIpc) is 2.77. The second-order valence-corrected chi connectivity index (χ2v) is 6.90. The van der Waals surface area contributed by atoms with Crippen LogP contribution in [-0.4, -0.2) is 13.2 Å². The summed E-state index contributed by atoms with van der Waals surface area (Å²) < 4.78 is 12.2. The third kappa shape index (κ3) is 2.62. The van der Waals surface area contributed by atoms with Crippen molar-refractivity contribution in [2.45, 2.75) is 12.3 Å². The van der Waals surface area contributed by atoms with Crippen LogP contribution in [0.15, 0.2) is 28.7 Å². The van der Waals surface area contributed by atoms with Crippen LogP contribution in [-0.2, 0) is 0 Å². The van der Waals surface area contributed by atoms with Gasteiger partial charge >= 0.3 is 0 Å². The standard InChI is InChI=1S/C14H12BrClO2S/c1-8-10(15)7-13(19-8)14(16)9-2-3-11-12(6-9)18-5-4-17-11/h2-3,6-7,14H,4-5H2,1H3. The molecule has 1 aliphatic heterocycles. The van der Waals surface area contributed by atoms with Gasteiger partial charge in [0.1, 0.15) is 13.2 Å². The first-order valence-electron chi connectivity index (χ1n) is 5.94. The van der Waals surface area contributed by atoms with Crippen LogP contribution < -0.4 is 9.47 Å². The molecule has 0 bridgehead atoms. The van der Waals surface area contributed by atoms with Gasteiger partial charge in [0.15, 0.2) is 11.5 Å². The van der Waals surface area contributed by atoms with Crippen LogP contribution in [0.4, 0.5) is 0 Å². The van der Waals surface area contributed by atoms with E-state index in [0.29, 0.717) is 13.2 Å². The number of alkyl halides is 1. The predicted octanol–water partition coefficient (Wildman–Crippen LogP) is 4.92. The summed E-state index contributed by atoms with van der Waals surface area (Å²) in [4.78, 5) is 2.36. The molecule has 2 heterocycles. The number of benzene rings is 1. The van der Waals surface area contributed by atoms with Crippen molar-refractivity contribution in [1.29, 1.82) is 0 Å². The minimum atomic E-state index is -0.161. The van der Waals surface area contributed by atoms with Crippen LogP contribution >= 0.6 is 38.9 Å². The van der Waals surface area contributed by atoms with Gasteiger partial charge in [-0.1, -0.05) is 6.07 Å². The molecule has 0 N–H and O–H groups in total. The second kappa shape index (κ2) is 5.35. The molecule has 1 aromatic heterocycles. The van der Waals surface area contributed by atoms with E-state index < -0.39 is 0 Å². The molecule has 0 saturated carbocycles. The van der Waals surface area contributed by atoms with Crippen molar-refractivity contribution < 1.29 is 9.47 Å². The molecule has 1 atom stereocenters. The summed E-state index contributed by atoms with van der Waals surface area (Å²) in [7, 11) is 0. The van der Waals surface area contributed by atoms with E-state index in [0.717, 1.165) is 26.4 Å². The van der Waals surface area contributed by atoms with E-state index in [-0.39, 0.29) is 5.38 Å². The summed E-state index contributed by atoms with van der Waals surface area (Å²) >= 11 is 11.8. The van der Waals surface area contributed by atoms with Gasteiger partial charge in [-0.05, 0) is 46.6 Å². The lowest BCUT2D eigenvalue weighted by atomic mass is 10.1. The highest BCUT2D eigenvalue weighted by molar-refractivity contribution is 9.10. The summed E-state index contributed by atoms with van der Waals surface area (Å²) in [5.41, 5.74) is 1.03. The quantitative estimate of drug-likeness (QED) is 0.709. The van der Waals surface area contributed by atoms with Crippen molar-refractivity contribution in [2.75, 3.05) is 13.2 Å². The van der Waals surface area contributed by atoms with Crippen molar-refractivity contribution in [1.82, 2.24) is 0 Å². The molecule has 1 aliphatic rings. The fourth-order valence-electron chi connectivity index (χ4n) is 1.99. The van der Waals surface area contributed by atoms with E-state index in [2.05, 4.69) is 28.9 Å². The van der Waals surface area contributed by atoms with Gasteiger partial charge < -0.3 is 9.47 Å². The topological polar surface area (TPSA) is 18.5 Å². The Morgan fingerprint density at radius 3 is 2.63 bits per heavy atom. The maximum atomic E-state index is 6.55. The van der Waals surface area contributed by atoms with Crippen LogP contribution in [0.5, 0.6) is 11.5 Å². The van der Waals surface area contributed by atoms with Gasteiger partial charge in [0, 0.05) is 14.2 Å². The summed E-state index contributed by atoms with van der Waals surface area (Å²) in [5, 5.41) is -0.161. The molecule has 0 aliphatic carbocycles. The lowest BCUT2D eigenvalue weighted by molar-refractivity contribution is 0.171. The van der Waals surface area contributed by atoms with Crippen molar-refractivity contribution in [3.05, 3.63) is 44.1 Å². The van der Waals surface area contributed by atoms with Crippen molar-refractivity contribution in [2.24, 2.45) is 0 Å². The molecule has 0 saturated heterocycles. The van der Waals surface area contributed by atoms with Gasteiger partial charge in [0.2, 0.25) is 0 Å². The van der Waals surface area contributed by atoms with E-state index in [4.69, 9.17) is 21.1 Å². The Kier molecular flexibility index (Phi) is 3.74. The molecule has 3 rings (SSSR count). The molecule has 0 radical (unpaired) electrons. The van der Waals surface area contributed by atoms with E-state index in [9.17, 15) is 0 Å². The molecule has 2 nitrogen and oxygen atoms in total. The third-order valence-corrected chi connectivity index (χ3v) is 5.80. The number of thiophene rings is 1. The Hall–Kier alpha value is -0.710. The zero-order valence-corrected chi connectivity index (χ0v) is 13.4. The first kappa shape index (κ1) is 13.3. The normalized spacial score (nSPS) is 15.3. The Morgan fingerprint density at radius 2 is 1.95 bits per heavy atom. The number of fused-ring (bicyclic) bond motifs is 1. The number of ether oxygens (including phenoxy) is 2. The maximum Gasteiger partial charge on any atom is 0.161 e. The first-order valence-corrected chi connectivity index (χ1v) is 7.99. The molecule has 5 heteroatoms. The Balaban J connectivity index is 1.93. The Labute approximate surface area is 129 Å². The molecule has 0 amide bonds. The van der Waals surface area contributed by atoms with Crippen molar-refractivity contribution in [3.8, 4) is 11.5 Å². The lowest BCUT2D eigenvalue weighted by Gasteiger charge is -2.19. The third-order valence-electron chi connectivity index (χ3n) is 2.98. The zero-order valence-electron chi connectivity index (χ0n) is 10.3. The van der Waals surface area contributed by atoms with E-state index in [1.165, 1.54) is 4.88 Å². The molecule has 1 unspecified atom stereocenters. The smallest absolute Gasteiger partial charge is 0.161 e. The average molecular weight is 360 g/mol. The van der Waals surface area contributed by atoms with Crippen LogP contribution in [0.25, 0.3) is 0 Å². The van der Waals surface area contributed by atoms with Crippen LogP contribution in [0.1, 0.15) is 20.7 Å². The first-order chi connectivity index (χ1) is 9.15. The number of rotatable bonds is 2. The fourth-order valence-corrected chi connectivity index (χ4v) is 3.89. The van der Waals surface area contributed by atoms with Gasteiger partial charge in [-0.3, -0.25) is 0 Å². The van der Waals surface area contributed by atoms with Crippen LogP contribution in [0.3, 0.4) is 0 Å². The minimum absolute atomic E-state index is 0.161. The highest BCUT2D eigenvalue weighted by Gasteiger charge is 2.18. The summed E-state index contributed by atoms with van der Waals surface area (Å²) in [5.74, 6) is 1.57. The zero-order chi connectivity index (χ0) is 13.4. The van der Waals surface area contributed by atoms with Gasteiger partial charge in [0.05, 0.1) is 5.38 Å². The van der Waals surface area contributed by atoms with Crippen molar-refractivity contribution >= 4 is 38.9 Å². The predicted molar refractivity (Wildman–Crippen MR) is 81.9 cm³/mol. The van der Waals surface area contributed by atoms with Gasteiger partial charge in [-0.25, -0.2) is 0 Å². The molecule has 2 aromatic rings. The summed E-state index contributed by atoms with van der Waals surface area (Å²) in [6.45, 7) is 3.27. The van der Waals surface area contributed by atoms with Gasteiger partial charge in [-0.2, -0.15) is 0 Å². The number of hydrogen-bond acceptors (Lipinski definition) is 3. The Morgan fingerprint density at radius 1 is 1.21 bits per heavy atom. The Bertz CT molecular complexity index is 592. The molecular formula is C14H12BrClO2S. The number of halogens is 2. The van der Waals surface area contributed by atoms with E-state index in [1.807, 2.05) is 18.2 Å². The maximum absolute atomic E-state index is 6.55. The fraction of sp³-hybridized carbons (Fsp3) is 0.286. The largest absolute Gasteiger partial charge is 0.486 e. The number of aryl methyl sites for hydroxylation is 1. The summed E-state index contributed by atoms with van der Waals surface area (Å²) in [6.07, 6.45) is 0. The molecular weight excluding hydrogens is 348 g/mol. The second-order valence-electron chi connectivity index (χ2n) is 4.32. The van der Waals surface area contributed by atoms with Gasteiger partial charge in [0.25, 0.3) is 0 Å². The molecule has 19 heavy (non-hydrogen) atoms. The van der Waals surface area contributed by atoms with E-state index >= 15 is 0 Å². The summed E-state index contributed by atoms with van der Waals surface area (Å²) in [6, 6.07) is 7.96. The minimum Gasteiger partial charge on any atom is -0.486 e. The van der Waals surface area contributed by atoms with E-state index in [1.54, 1.807) is 11.3 Å². The molecule has 0 fully saturated rings. The van der Waals surface area contributed by atoms with Gasteiger partial charge in [-0.15, -0.1) is 22.9 Å². The highest BCUT2D eigenvalue weighted by Crippen LogP contribution is 2.40. The molecule has 100 valence electrons. The molecule has 0 spiro atoms. The number of hydrogen-bond donors (Lipinski definition) is 0. The van der Waals surface area contributed by atoms with Crippen LogP contribution in [0.2, 0.25) is 0 Å². The monoisotopic (exact) mass is 358 g/mol. The van der Waals surface area contributed by atoms with Crippen LogP contribution in [0, 0.1) is 6.92 Å². The SMILES string of the molecule is Cc1sc(C(Cl)c2ccc3c(c2)OCCO3)cc1Br. The highest BCUT2D eigenvalue weighted by atomic mass is 79.9. The lowest BCUT2D eigenvalue weighted by Crippen LogP contribution is -2.15. The van der Waals surface area contributed by atoms with Crippen molar-refractivity contribution in [3.63, 3.8) is 0 Å². The molecule has 1 aromatic carbocycles.